The third kappa shape index (κ3) is 2.15. The van der Waals surface area contributed by atoms with E-state index in [2.05, 4.69) is 27.0 Å². The molecule has 2 heteroatoms. The first-order valence-electron chi connectivity index (χ1n) is 3.49. The van der Waals surface area contributed by atoms with Gasteiger partial charge in [0.2, 0.25) is 0 Å². The molecule has 1 aromatic rings. The summed E-state index contributed by atoms with van der Waals surface area (Å²) < 4.78 is 1.03. The van der Waals surface area contributed by atoms with Crippen LogP contribution in [0.2, 0.25) is 0 Å². The SMILES string of the molecule is C/C=C\c1ncc(Br)cc1C. The number of aromatic nitrogens is 1. The molecule has 0 aromatic carbocycles. The topological polar surface area (TPSA) is 12.9 Å². The highest BCUT2D eigenvalue weighted by molar-refractivity contribution is 9.10. The Morgan fingerprint density at radius 2 is 2.27 bits per heavy atom. The van der Waals surface area contributed by atoms with Crippen molar-refractivity contribution >= 4 is 22.0 Å². The van der Waals surface area contributed by atoms with Gasteiger partial charge in [-0.25, -0.2) is 0 Å². The minimum atomic E-state index is 1.03. The highest BCUT2D eigenvalue weighted by Gasteiger charge is 1.94. The lowest BCUT2D eigenvalue weighted by atomic mass is 10.2. The van der Waals surface area contributed by atoms with Crippen LogP contribution >= 0.6 is 15.9 Å². The first-order valence-corrected chi connectivity index (χ1v) is 4.28. The molecule has 0 saturated carbocycles. The summed E-state index contributed by atoms with van der Waals surface area (Å²) in [5.41, 5.74) is 2.23. The summed E-state index contributed by atoms with van der Waals surface area (Å²) in [5, 5.41) is 0. The summed E-state index contributed by atoms with van der Waals surface area (Å²) in [6.07, 6.45) is 5.80. The minimum absolute atomic E-state index is 1.03. The van der Waals surface area contributed by atoms with E-state index in [1.54, 1.807) is 0 Å². The Labute approximate surface area is 75.3 Å². The zero-order chi connectivity index (χ0) is 8.27. The maximum atomic E-state index is 4.23. The Kier molecular flexibility index (Phi) is 2.83. The third-order valence-corrected chi connectivity index (χ3v) is 1.84. The van der Waals surface area contributed by atoms with Crippen LogP contribution in [0.5, 0.6) is 0 Å². The van der Waals surface area contributed by atoms with Crippen LogP contribution < -0.4 is 0 Å². The van der Waals surface area contributed by atoms with Gasteiger partial charge >= 0.3 is 0 Å². The third-order valence-electron chi connectivity index (χ3n) is 1.41. The van der Waals surface area contributed by atoms with Gasteiger partial charge in [-0.15, -0.1) is 0 Å². The quantitative estimate of drug-likeness (QED) is 0.696. The van der Waals surface area contributed by atoms with E-state index in [0.29, 0.717) is 0 Å². The van der Waals surface area contributed by atoms with E-state index in [9.17, 15) is 0 Å². The fourth-order valence-corrected chi connectivity index (χ4v) is 1.33. The maximum absolute atomic E-state index is 4.23. The van der Waals surface area contributed by atoms with Crippen LogP contribution in [0, 0.1) is 6.92 Å². The van der Waals surface area contributed by atoms with Crippen LogP contribution in [-0.2, 0) is 0 Å². The summed E-state index contributed by atoms with van der Waals surface area (Å²) in [6.45, 7) is 4.04. The van der Waals surface area contributed by atoms with Gasteiger partial charge in [-0.2, -0.15) is 0 Å². The predicted octanol–water partition coefficient (Wildman–Crippen LogP) is 3.19. The second-order valence-corrected chi connectivity index (χ2v) is 3.27. The Morgan fingerprint density at radius 3 is 2.82 bits per heavy atom. The molecule has 0 spiro atoms. The van der Waals surface area contributed by atoms with Crippen molar-refractivity contribution in [1.29, 1.82) is 0 Å². The van der Waals surface area contributed by atoms with Gasteiger partial charge in [-0.3, -0.25) is 4.98 Å². The average Bonchev–Trinajstić information content (AvgIpc) is 1.95. The van der Waals surface area contributed by atoms with Crippen molar-refractivity contribution in [2.45, 2.75) is 13.8 Å². The van der Waals surface area contributed by atoms with Gasteiger partial charge in [-0.05, 0) is 47.5 Å². The molecule has 1 rings (SSSR count). The zero-order valence-electron chi connectivity index (χ0n) is 6.63. The minimum Gasteiger partial charge on any atom is -0.255 e. The largest absolute Gasteiger partial charge is 0.255 e. The second-order valence-electron chi connectivity index (χ2n) is 2.36. The number of halogens is 1. The fourth-order valence-electron chi connectivity index (χ4n) is 0.883. The van der Waals surface area contributed by atoms with E-state index in [1.165, 1.54) is 5.56 Å². The van der Waals surface area contributed by atoms with E-state index in [0.717, 1.165) is 10.2 Å². The van der Waals surface area contributed by atoms with E-state index in [-0.39, 0.29) is 0 Å². The van der Waals surface area contributed by atoms with Crippen LogP contribution in [-0.4, -0.2) is 4.98 Å². The van der Waals surface area contributed by atoms with Gasteiger partial charge in [0.25, 0.3) is 0 Å². The van der Waals surface area contributed by atoms with Crippen LogP contribution in [0.3, 0.4) is 0 Å². The van der Waals surface area contributed by atoms with Gasteiger partial charge in [0.05, 0.1) is 5.69 Å². The number of nitrogens with zero attached hydrogens (tertiary/aromatic N) is 1. The monoisotopic (exact) mass is 211 g/mol. The summed E-state index contributed by atoms with van der Waals surface area (Å²) in [7, 11) is 0. The van der Waals surface area contributed by atoms with Crippen molar-refractivity contribution in [1.82, 2.24) is 4.98 Å². The molecule has 0 fully saturated rings. The van der Waals surface area contributed by atoms with E-state index in [1.807, 2.05) is 32.2 Å². The average molecular weight is 212 g/mol. The molecular weight excluding hydrogens is 202 g/mol. The molecule has 0 amide bonds. The highest BCUT2D eigenvalue weighted by Crippen LogP contribution is 2.13. The molecule has 0 saturated heterocycles. The van der Waals surface area contributed by atoms with Crippen molar-refractivity contribution in [3.05, 3.63) is 34.1 Å². The lowest BCUT2D eigenvalue weighted by Crippen LogP contribution is -1.84. The molecular formula is C9H10BrN. The van der Waals surface area contributed by atoms with E-state index in [4.69, 9.17) is 0 Å². The summed E-state index contributed by atoms with van der Waals surface area (Å²) >= 11 is 3.36. The molecule has 1 nitrogen and oxygen atoms in total. The summed E-state index contributed by atoms with van der Waals surface area (Å²) in [6, 6.07) is 2.06. The van der Waals surface area contributed by atoms with Crippen LogP contribution in [0.1, 0.15) is 18.2 Å². The van der Waals surface area contributed by atoms with Gasteiger partial charge in [0.15, 0.2) is 0 Å². The number of hydrogen-bond acceptors (Lipinski definition) is 1. The van der Waals surface area contributed by atoms with Gasteiger partial charge in [0.1, 0.15) is 0 Å². The number of rotatable bonds is 1. The first kappa shape index (κ1) is 8.47. The van der Waals surface area contributed by atoms with Crippen LogP contribution in [0.25, 0.3) is 6.08 Å². The molecule has 1 heterocycles. The predicted molar refractivity (Wildman–Crippen MR) is 51.4 cm³/mol. The molecule has 58 valence electrons. The lowest BCUT2D eigenvalue weighted by molar-refractivity contribution is 1.22. The zero-order valence-corrected chi connectivity index (χ0v) is 8.22. The first-order chi connectivity index (χ1) is 5.24. The molecule has 0 atom stereocenters. The van der Waals surface area contributed by atoms with Crippen molar-refractivity contribution in [3.63, 3.8) is 0 Å². The Balaban J connectivity index is 3.09. The van der Waals surface area contributed by atoms with Crippen molar-refractivity contribution in [3.8, 4) is 0 Å². The standard InChI is InChI=1S/C9H10BrN/c1-3-4-9-7(2)5-8(10)6-11-9/h3-6H,1-2H3/b4-3-. The van der Waals surface area contributed by atoms with Crippen molar-refractivity contribution in [2.75, 3.05) is 0 Å². The molecule has 0 N–H and O–H groups in total. The number of allylic oxidation sites excluding steroid dienone is 1. The Morgan fingerprint density at radius 1 is 1.55 bits per heavy atom. The normalized spacial score (nSPS) is 10.8. The molecule has 0 radical (unpaired) electrons. The highest BCUT2D eigenvalue weighted by atomic mass is 79.9. The summed E-state index contributed by atoms with van der Waals surface area (Å²) in [5.74, 6) is 0. The Hall–Kier alpha value is -0.630. The van der Waals surface area contributed by atoms with Gasteiger partial charge in [0, 0.05) is 10.7 Å². The fraction of sp³-hybridized carbons (Fsp3) is 0.222. The van der Waals surface area contributed by atoms with E-state index < -0.39 is 0 Å². The number of pyridine rings is 1. The molecule has 0 aliphatic carbocycles. The molecule has 0 unspecified atom stereocenters. The molecule has 11 heavy (non-hydrogen) atoms. The smallest absolute Gasteiger partial charge is 0.0656 e. The van der Waals surface area contributed by atoms with Crippen molar-refractivity contribution in [2.24, 2.45) is 0 Å². The molecule has 0 bridgehead atoms. The lowest BCUT2D eigenvalue weighted by Gasteiger charge is -1.98. The summed E-state index contributed by atoms with van der Waals surface area (Å²) in [4.78, 5) is 4.23. The number of aryl methyl sites for hydroxylation is 1. The second kappa shape index (κ2) is 3.67. The number of hydrogen-bond donors (Lipinski definition) is 0. The molecule has 1 aromatic heterocycles. The van der Waals surface area contributed by atoms with Gasteiger partial charge < -0.3 is 0 Å². The molecule has 0 aliphatic rings. The van der Waals surface area contributed by atoms with E-state index >= 15 is 0 Å². The maximum Gasteiger partial charge on any atom is 0.0656 e. The van der Waals surface area contributed by atoms with Crippen LogP contribution in [0.15, 0.2) is 22.8 Å². The van der Waals surface area contributed by atoms with Crippen molar-refractivity contribution < 1.29 is 0 Å². The van der Waals surface area contributed by atoms with Crippen LogP contribution in [0.4, 0.5) is 0 Å². The Bertz CT molecular complexity index is 279. The van der Waals surface area contributed by atoms with Gasteiger partial charge in [-0.1, -0.05) is 6.08 Å². The molecule has 0 aliphatic heterocycles.